The van der Waals surface area contributed by atoms with E-state index < -0.39 is 5.97 Å². The van der Waals surface area contributed by atoms with Gasteiger partial charge in [0.25, 0.3) is 0 Å². The molecular weight excluding hydrogens is 220 g/mol. The average Bonchev–Trinajstić information content (AvgIpc) is 2.59. The molecule has 0 bridgehead atoms. The van der Waals surface area contributed by atoms with E-state index in [1.807, 2.05) is 20.8 Å². The first-order valence-corrected chi connectivity index (χ1v) is 5.27. The smallest absolute Gasteiger partial charge is 0.355 e. The maximum Gasteiger partial charge on any atom is 0.355 e. The van der Waals surface area contributed by atoms with Crippen LogP contribution >= 0.6 is 0 Å². The van der Waals surface area contributed by atoms with Gasteiger partial charge in [-0.3, -0.25) is 0 Å². The van der Waals surface area contributed by atoms with Crippen molar-refractivity contribution in [2.24, 2.45) is 0 Å². The second-order valence-electron chi connectivity index (χ2n) is 5.02. The van der Waals surface area contributed by atoms with Gasteiger partial charge in [0.2, 0.25) is 0 Å². The Kier molecular flexibility index (Phi) is 2.38. The van der Waals surface area contributed by atoms with E-state index in [1.165, 1.54) is 10.7 Å². The molecule has 90 valence electrons. The highest BCUT2D eigenvalue weighted by Gasteiger charge is 2.25. The number of hydrogen-bond donors (Lipinski definition) is 1. The van der Waals surface area contributed by atoms with Crippen molar-refractivity contribution in [3.05, 3.63) is 23.1 Å². The summed E-state index contributed by atoms with van der Waals surface area (Å²) in [5.41, 5.74) is 1.65. The van der Waals surface area contributed by atoms with Crippen LogP contribution in [-0.2, 0) is 5.41 Å². The van der Waals surface area contributed by atoms with Gasteiger partial charge in [0.15, 0.2) is 11.3 Å². The topological polar surface area (TPSA) is 80.4 Å². The molecule has 0 saturated carbocycles. The number of hydrogen-bond acceptors (Lipinski definition) is 4. The summed E-state index contributed by atoms with van der Waals surface area (Å²) in [6.07, 6.45) is 1.54. The molecule has 0 radical (unpaired) electrons. The molecule has 0 atom stereocenters. The highest BCUT2D eigenvalue weighted by molar-refractivity contribution is 5.87. The zero-order chi connectivity index (χ0) is 12.8. The summed E-state index contributed by atoms with van der Waals surface area (Å²) in [7, 11) is 0. The summed E-state index contributed by atoms with van der Waals surface area (Å²) in [5.74, 6) is -1.03. The summed E-state index contributed by atoms with van der Waals surface area (Å²) < 4.78 is 1.29. The molecule has 2 heterocycles. The Morgan fingerprint density at radius 3 is 2.59 bits per heavy atom. The van der Waals surface area contributed by atoms with E-state index in [9.17, 15) is 4.79 Å². The van der Waals surface area contributed by atoms with Crippen LogP contribution in [0.1, 0.15) is 42.5 Å². The van der Waals surface area contributed by atoms with Crippen molar-refractivity contribution in [2.45, 2.75) is 33.1 Å². The molecule has 0 spiro atoms. The van der Waals surface area contributed by atoms with Gasteiger partial charge in [0.1, 0.15) is 5.69 Å². The minimum absolute atomic E-state index is 0.109. The lowest BCUT2D eigenvalue weighted by Gasteiger charge is -2.14. The van der Waals surface area contributed by atoms with Crippen LogP contribution in [-0.4, -0.2) is 30.9 Å². The Balaban J connectivity index is 2.82. The number of nitrogens with zero attached hydrogens (tertiary/aromatic N) is 4. The monoisotopic (exact) mass is 234 g/mol. The lowest BCUT2D eigenvalue weighted by molar-refractivity contribution is 0.0686. The zero-order valence-electron chi connectivity index (χ0n) is 10.2. The fourth-order valence-electron chi connectivity index (χ4n) is 1.67. The minimum atomic E-state index is -1.03. The molecule has 0 aliphatic carbocycles. The Bertz CT molecular complexity index is 595. The summed E-state index contributed by atoms with van der Waals surface area (Å²) in [5, 5.41) is 17.1. The molecule has 0 saturated heterocycles. The van der Waals surface area contributed by atoms with Crippen LogP contribution in [0.3, 0.4) is 0 Å². The van der Waals surface area contributed by atoms with E-state index in [2.05, 4.69) is 15.3 Å². The van der Waals surface area contributed by atoms with Gasteiger partial charge in [-0.25, -0.2) is 9.78 Å². The molecule has 2 aromatic heterocycles. The Morgan fingerprint density at radius 2 is 2.06 bits per heavy atom. The van der Waals surface area contributed by atoms with Gasteiger partial charge >= 0.3 is 5.97 Å². The normalized spacial score (nSPS) is 12.0. The largest absolute Gasteiger partial charge is 0.476 e. The minimum Gasteiger partial charge on any atom is -0.476 e. The lowest BCUT2D eigenvalue weighted by Crippen LogP contribution is -2.14. The van der Waals surface area contributed by atoms with Gasteiger partial charge in [0, 0.05) is 17.2 Å². The van der Waals surface area contributed by atoms with Crippen LogP contribution in [0.4, 0.5) is 0 Å². The predicted molar refractivity (Wildman–Crippen MR) is 61.2 cm³/mol. The van der Waals surface area contributed by atoms with Crippen LogP contribution in [0.25, 0.3) is 5.65 Å². The molecular formula is C11H14N4O2. The van der Waals surface area contributed by atoms with E-state index in [4.69, 9.17) is 5.11 Å². The third-order valence-electron chi connectivity index (χ3n) is 2.53. The predicted octanol–water partition coefficient (Wildman–Crippen LogP) is 1.43. The van der Waals surface area contributed by atoms with Crippen LogP contribution in [0, 0.1) is 6.92 Å². The summed E-state index contributed by atoms with van der Waals surface area (Å²) in [6, 6.07) is 0. The van der Waals surface area contributed by atoms with Crippen molar-refractivity contribution in [3.63, 3.8) is 0 Å². The molecule has 6 heteroatoms. The highest BCUT2D eigenvalue weighted by Crippen LogP contribution is 2.24. The molecule has 6 nitrogen and oxygen atoms in total. The van der Waals surface area contributed by atoms with Crippen molar-refractivity contribution in [3.8, 4) is 0 Å². The molecule has 0 aliphatic rings. The molecule has 2 rings (SSSR count). The molecule has 0 unspecified atom stereocenters. The third kappa shape index (κ3) is 1.75. The number of carbonyl (C=O) groups is 1. The average molecular weight is 234 g/mol. The first-order valence-electron chi connectivity index (χ1n) is 5.27. The Morgan fingerprint density at radius 1 is 1.41 bits per heavy atom. The highest BCUT2D eigenvalue weighted by atomic mass is 16.4. The van der Waals surface area contributed by atoms with Crippen LogP contribution < -0.4 is 0 Å². The molecule has 0 aliphatic heterocycles. The number of aryl methyl sites for hydroxylation is 1. The first-order chi connectivity index (χ1) is 7.82. The Hall–Kier alpha value is -1.98. The molecule has 2 aromatic rings. The van der Waals surface area contributed by atoms with Gasteiger partial charge < -0.3 is 5.11 Å². The number of carboxylic acids is 1. The van der Waals surface area contributed by atoms with E-state index in [0.717, 1.165) is 0 Å². The van der Waals surface area contributed by atoms with Gasteiger partial charge in [-0.05, 0) is 6.92 Å². The number of carboxylic acid groups (broad SMARTS) is 1. The standard InChI is InChI=1S/C11H14N4O2/c1-6-5-12-9-8(11(2,3)4)13-14-15(9)7(6)10(16)17/h5H,1-4H3,(H,16,17). The summed E-state index contributed by atoms with van der Waals surface area (Å²) in [4.78, 5) is 15.4. The zero-order valence-corrected chi connectivity index (χ0v) is 10.2. The molecule has 17 heavy (non-hydrogen) atoms. The van der Waals surface area contributed by atoms with Crippen LogP contribution in [0.2, 0.25) is 0 Å². The fraction of sp³-hybridized carbons (Fsp3) is 0.455. The lowest BCUT2D eigenvalue weighted by atomic mass is 9.92. The van der Waals surface area contributed by atoms with Crippen molar-refractivity contribution in [2.75, 3.05) is 0 Å². The number of rotatable bonds is 1. The van der Waals surface area contributed by atoms with E-state index in [-0.39, 0.29) is 11.1 Å². The third-order valence-corrected chi connectivity index (χ3v) is 2.53. The van der Waals surface area contributed by atoms with Crippen molar-refractivity contribution in [1.82, 2.24) is 19.8 Å². The molecule has 0 amide bonds. The SMILES string of the molecule is Cc1cnc2c(C(C)(C)C)nnn2c1C(=O)O. The van der Waals surface area contributed by atoms with Crippen LogP contribution in [0.15, 0.2) is 6.20 Å². The number of fused-ring (bicyclic) bond motifs is 1. The van der Waals surface area contributed by atoms with E-state index in [1.54, 1.807) is 6.92 Å². The fourth-order valence-corrected chi connectivity index (χ4v) is 1.67. The first kappa shape index (κ1) is 11.5. The van der Waals surface area contributed by atoms with Gasteiger partial charge in [-0.1, -0.05) is 26.0 Å². The van der Waals surface area contributed by atoms with Crippen molar-refractivity contribution >= 4 is 11.6 Å². The maximum absolute atomic E-state index is 11.2. The summed E-state index contributed by atoms with van der Waals surface area (Å²) in [6.45, 7) is 7.64. The van der Waals surface area contributed by atoms with Crippen LogP contribution in [0.5, 0.6) is 0 Å². The second kappa shape index (κ2) is 3.51. The number of aromatic carboxylic acids is 1. The van der Waals surface area contributed by atoms with E-state index >= 15 is 0 Å². The maximum atomic E-state index is 11.2. The van der Waals surface area contributed by atoms with Gasteiger partial charge in [-0.15, -0.1) is 5.10 Å². The summed E-state index contributed by atoms with van der Waals surface area (Å²) >= 11 is 0. The van der Waals surface area contributed by atoms with Gasteiger partial charge in [0.05, 0.1) is 0 Å². The number of aromatic nitrogens is 4. The molecule has 0 aromatic carbocycles. The van der Waals surface area contributed by atoms with Gasteiger partial charge in [-0.2, -0.15) is 4.52 Å². The van der Waals surface area contributed by atoms with E-state index in [0.29, 0.717) is 16.9 Å². The molecule has 1 N–H and O–H groups in total. The Labute approximate surface area is 98.3 Å². The van der Waals surface area contributed by atoms with Crippen molar-refractivity contribution < 1.29 is 9.90 Å². The quantitative estimate of drug-likeness (QED) is 0.807. The van der Waals surface area contributed by atoms with Crippen molar-refractivity contribution in [1.29, 1.82) is 0 Å². The second-order valence-corrected chi connectivity index (χ2v) is 5.02. The molecule has 0 fully saturated rings.